The fraction of sp³-hybridized carbons (Fsp3) is 0.154. The molecule has 1 aromatic carbocycles. The van der Waals surface area contributed by atoms with Gasteiger partial charge in [-0.3, -0.25) is 0 Å². The predicted molar refractivity (Wildman–Crippen MR) is 75.2 cm³/mol. The molecule has 0 spiro atoms. The van der Waals surface area contributed by atoms with Crippen molar-refractivity contribution in [3.05, 3.63) is 48.2 Å². The van der Waals surface area contributed by atoms with Crippen molar-refractivity contribution in [1.82, 2.24) is 4.98 Å². The van der Waals surface area contributed by atoms with Crippen molar-refractivity contribution in [2.45, 2.75) is 10.2 Å². The second-order valence-electron chi connectivity index (χ2n) is 3.39. The number of ether oxygens (including phenoxy) is 1. The summed E-state index contributed by atoms with van der Waals surface area (Å²) in [6.07, 6.45) is 3.84. The second kappa shape index (κ2) is 6.07. The van der Waals surface area contributed by atoms with Gasteiger partial charge in [-0.2, -0.15) is 0 Å². The van der Waals surface area contributed by atoms with E-state index in [-0.39, 0.29) is 0 Å². The first-order valence-corrected chi connectivity index (χ1v) is 7.50. The van der Waals surface area contributed by atoms with Gasteiger partial charge in [-0.1, -0.05) is 34.1 Å². The molecule has 0 amide bonds. The van der Waals surface area contributed by atoms with E-state index in [2.05, 4.69) is 20.9 Å². The molecule has 17 heavy (non-hydrogen) atoms. The average Bonchev–Trinajstić information content (AvgIpc) is 2.40. The Bertz CT molecular complexity index is 487. The minimum atomic E-state index is 0.621. The van der Waals surface area contributed by atoms with Gasteiger partial charge < -0.3 is 4.74 Å². The molecule has 0 fully saturated rings. The van der Waals surface area contributed by atoms with Crippen molar-refractivity contribution < 1.29 is 4.74 Å². The van der Waals surface area contributed by atoms with Crippen molar-refractivity contribution in [1.29, 1.82) is 0 Å². The SMILES string of the molecule is CSc1ccccc1Oc1ccc(CBr)cn1. The van der Waals surface area contributed by atoms with Gasteiger partial charge in [0.1, 0.15) is 5.75 Å². The lowest BCUT2D eigenvalue weighted by Crippen LogP contribution is -1.90. The van der Waals surface area contributed by atoms with Crippen LogP contribution in [0.5, 0.6) is 11.6 Å². The first-order valence-electron chi connectivity index (χ1n) is 5.15. The zero-order chi connectivity index (χ0) is 12.1. The van der Waals surface area contributed by atoms with Gasteiger partial charge in [-0.25, -0.2) is 4.98 Å². The van der Waals surface area contributed by atoms with Gasteiger partial charge >= 0.3 is 0 Å². The first kappa shape index (κ1) is 12.5. The number of hydrogen-bond donors (Lipinski definition) is 0. The topological polar surface area (TPSA) is 22.1 Å². The first-order chi connectivity index (χ1) is 8.33. The maximum Gasteiger partial charge on any atom is 0.219 e. The number of aromatic nitrogens is 1. The molecule has 0 bridgehead atoms. The number of pyridine rings is 1. The van der Waals surface area contributed by atoms with Crippen LogP contribution in [0.15, 0.2) is 47.5 Å². The molecule has 0 saturated heterocycles. The van der Waals surface area contributed by atoms with Crippen LogP contribution in [0.4, 0.5) is 0 Å². The van der Waals surface area contributed by atoms with Gasteiger partial charge in [0, 0.05) is 22.5 Å². The third-order valence-corrected chi connectivity index (χ3v) is 3.66. The van der Waals surface area contributed by atoms with Gasteiger partial charge in [-0.05, 0) is 24.0 Å². The Balaban J connectivity index is 2.19. The summed E-state index contributed by atoms with van der Waals surface area (Å²) in [7, 11) is 0. The Kier molecular flexibility index (Phi) is 4.45. The summed E-state index contributed by atoms with van der Waals surface area (Å²) in [6.45, 7) is 0. The molecule has 1 heterocycles. The highest BCUT2D eigenvalue weighted by Crippen LogP contribution is 2.30. The molecule has 2 aromatic rings. The summed E-state index contributed by atoms with van der Waals surface area (Å²) in [4.78, 5) is 5.37. The maximum absolute atomic E-state index is 5.75. The van der Waals surface area contributed by atoms with Crippen LogP contribution in [0.1, 0.15) is 5.56 Å². The van der Waals surface area contributed by atoms with Crippen molar-refractivity contribution in [2.75, 3.05) is 6.26 Å². The number of benzene rings is 1. The summed E-state index contributed by atoms with van der Waals surface area (Å²) in [5.74, 6) is 1.47. The van der Waals surface area contributed by atoms with Crippen molar-refractivity contribution in [3.63, 3.8) is 0 Å². The van der Waals surface area contributed by atoms with Gasteiger partial charge in [0.05, 0.1) is 0 Å². The molecule has 0 saturated carbocycles. The molecule has 0 aliphatic heterocycles. The number of para-hydroxylation sites is 1. The number of halogens is 1. The lowest BCUT2D eigenvalue weighted by atomic mass is 10.3. The molecular weight excluding hydrogens is 298 g/mol. The molecule has 4 heteroatoms. The van der Waals surface area contributed by atoms with Crippen molar-refractivity contribution in [3.8, 4) is 11.6 Å². The molecule has 0 radical (unpaired) electrons. The van der Waals surface area contributed by atoms with Crippen LogP contribution in [0.2, 0.25) is 0 Å². The van der Waals surface area contributed by atoms with Crippen molar-refractivity contribution >= 4 is 27.7 Å². The van der Waals surface area contributed by atoms with Gasteiger partial charge in [0.2, 0.25) is 5.88 Å². The van der Waals surface area contributed by atoms with E-state index in [1.54, 1.807) is 11.8 Å². The van der Waals surface area contributed by atoms with Crippen LogP contribution >= 0.6 is 27.7 Å². The monoisotopic (exact) mass is 309 g/mol. The predicted octanol–water partition coefficient (Wildman–Crippen LogP) is 4.49. The molecule has 0 N–H and O–H groups in total. The minimum Gasteiger partial charge on any atom is -0.438 e. The molecule has 0 aliphatic carbocycles. The van der Waals surface area contributed by atoms with Gasteiger partial charge in [-0.15, -0.1) is 11.8 Å². The summed E-state index contributed by atoms with van der Waals surface area (Å²) >= 11 is 5.05. The number of hydrogen-bond acceptors (Lipinski definition) is 3. The number of alkyl halides is 1. The Morgan fingerprint density at radius 2 is 2.06 bits per heavy atom. The number of thioether (sulfide) groups is 1. The Morgan fingerprint density at radius 1 is 1.24 bits per heavy atom. The van der Waals surface area contributed by atoms with Gasteiger partial charge in [0.25, 0.3) is 0 Å². The van der Waals surface area contributed by atoms with E-state index >= 15 is 0 Å². The highest BCUT2D eigenvalue weighted by atomic mass is 79.9. The third-order valence-electron chi connectivity index (χ3n) is 2.24. The van der Waals surface area contributed by atoms with E-state index in [9.17, 15) is 0 Å². The second-order valence-corrected chi connectivity index (χ2v) is 4.80. The largest absolute Gasteiger partial charge is 0.438 e. The molecule has 2 nitrogen and oxygen atoms in total. The normalized spacial score (nSPS) is 10.2. The average molecular weight is 310 g/mol. The molecule has 0 unspecified atom stereocenters. The lowest BCUT2D eigenvalue weighted by molar-refractivity contribution is 0.452. The highest BCUT2D eigenvalue weighted by Gasteiger charge is 2.03. The zero-order valence-corrected chi connectivity index (χ0v) is 11.8. The van der Waals surface area contributed by atoms with E-state index < -0.39 is 0 Å². The molecule has 0 atom stereocenters. The van der Waals surface area contributed by atoms with Crippen LogP contribution in [-0.2, 0) is 5.33 Å². The Morgan fingerprint density at radius 3 is 2.71 bits per heavy atom. The summed E-state index contributed by atoms with van der Waals surface area (Å²) in [5.41, 5.74) is 1.13. The molecule has 0 aliphatic rings. The standard InChI is InChI=1S/C13H12BrNOS/c1-17-12-5-3-2-4-11(12)16-13-7-6-10(8-14)9-15-13/h2-7,9H,8H2,1H3. The zero-order valence-electron chi connectivity index (χ0n) is 9.39. The smallest absolute Gasteiger partial charge is 0.219 e. The summed E-state index contributed by atoms with van der Waals surface area (Å²) < 4.78 is 5.75. The minimum absolute atomic E-state index is 0.621. The third kappa shape index (κ3) is 3.23. The van der Waals surface area contributed by atoms with Gasteiger partial charge in [0.15, 0.2) is 0 Å². The number of nitrogens with zero attached hydrogens (tertiary/aromatic N) is 1. The van der Waals surface area contributed by atoms with Crippen LogP contribution in [-0.4, -0.2) is 11.2 Å². The molecule has 88 valence electrons. The van der Waals surface area contributed by atoms with E-state index in [4.69, 9.17) is 4.74 Å². The van der Waals surface area contributed by atoms with Crippen LogP contribution in [0.25, 0.3) is 0 Å². The molecule has 2 rings (SSSR count). The maximum atomic E-state index is 5.75. The molecule has 1 aromatic heterocycles. The van der Waals surface area contributed by atoms with E-state index in [1.165, 1.54) is 0 Å². The lowest BCUT2D eigenvalue weighted by Gasteiger charge is -2.08. The number of rotatable bonds is 4. The van der Waals surface area contributed by atoms with Crippen LogP contribution < -0.4 is 4.74 Å². The highest BCUT2D eigenvalue weighted by molar-refractivity contribution is 9.08. The Labute approximate surface area is 114 Å². The van der Waals surface area contributed by atoms with E-state index in [1.807, 2.05) is 48.9 Å². The Hall–Kier alpha value is -1.00. The van der Waals surface area contributed by atoms with Crippen molar-refractivity contribution in [2.24, 2.45) is 0 Å². The van der Waals surface area contributed by atoms with Crippen LogP contribution in [0, 0.1) is 0 Å². The quantitative estimate of drug-likeness (QED) is 0.613. The fourth-order valence-electron chi connectivity index (χ4n) is 1.37. The van der Waals surface area contributed by atoms with E-state index in [0.717, 1.165) is 21.5 Å². The molecular formula is C13H12BrNOS. The fourth-order valence-corrected chi connectivity index (χ4v) is 2.22. The summed E-state index contributed by atoms with van der Waals surface area (Å²) in [5, 5.41) is 0.807. The summed E-state index contributed by atoms with van der Waals surface area (Å²) in [6, 6.07) is 11.8. The van der Waals surface area contributed by atoms with Crippen LogP contribution in [0.3, 0.4) is 0 Å². The van der Waals surface area contributed by atoms with E-state index in [0.29, 0.717) is 5.88 Å².